The maximum atomic E-state index is 13.1. The van der Waals surface area contributed by atoms with Crippen LogP contribution in [0.1, 0.15) is 20.9 Å². The largest absolute Gasteiger partial charge is 0.340 e. The maximum Gasteiger partial charge on any atom is 0.251 e. The molecule has 4 aromatic rings. The van der Waals surface area contributed by atoms with Crippen molar-refractivity contribution in [1.82, 2.24) is 10.3 Å². The number of nitrogens with zero attached hydrogens (tertiary/aromatic N) is 1. The fourth-order valence-electron chi connectivity index (χ4n) is 3.24. The van der Waals surface area contributed by atoms with Crippen molar-refractivity contribution in [1.29, 1.82) is 0 Å². The molecule has 0 aliphatic rings. The van der Waals surface area contributed by atoms with Gasteiger partial charge < -0.3 is 10.6 Å². The van der Waals surface area contributed by atoms with Gasteiger partial charge in [0.1, 0.15) is 6.04 Å². The molecule has 2 N–H and O–H groups in total. The summed E-state index contributed by atoms with van der Waals surface area (Å²) in [5.74, 6) is -0.538. The van der Waals surface area contributed by atoms with Crippen LogP contribution in [0.15, 0.2) is 78.9 Å². The zero-order valence-electron chi connectivity index (χ0n) is 16.5. The third-order valence-electron chi connectivity index (χ3n) is 4.70. The highest BCUT2D eigenvalue weighted by Crippen LogP contribution is 2.25. The number of aryl methyl sites for hydroxylation is 1. The lowest BCUT2D eigenvalue weighted by Gasteiger charge is -2.19. The van der Waals surface area contributed by atoms with Crippen molar-refractivity contribution >= 4 is 39.1 Å². The Morgan fingerprint density at radius 2 is 1.67 bits per heavy atom. The molecule has 0 aliphatic heterocycles. The second kappa shape index (κ2) is 8.88. The third kappa shape index (κ3) is 4.72. The summed E-state index contributed by atoms with van der Waals surface area (Å²) in [5, 5.41) is 6.81. The number of rotatable bonds is 6. The normalized spacial score (nSPS) is 11.8. The molecule has 0 saturated carbocycles. The molecule has 4 rings (SSSR count). The summed E-state index contributed by atoms with van der Waals surface area (Å²) in [6, 6.07) is 23.5. The van der Waals surface area contributed by atoms with Crippen molar-refractivity contribution in [3.05, 3.63) is 95.0 Å². The minimum atomic E-state index is -0.709. The number of fused-ring (bicyclic) bond motifs is 1. The summed E-state index contributed by atoms with van der Waals surface area (Å²) in [5.41, 5.74) is 3.08. The van der Waals surface area contributed by atoms with E-state index in [1.54, 1.807) is 35.6 Å². The Morgan fingerprint density at radius 1 is 0.967 bits per heavy atom. The Kier molecular flexibility index (Phi) is 5.86. The van der Waals surface area contributed by atoms with Crippen molar-refractivity contribution in [2.45, 2.75) is 19.4 Å². The SMILES string of the molecule is Cc1nc2ccc(NC(=O)[C@H](Cc3ccccc3)NC(=O)c3ccccc3)cc2s1. The smallest absolute Gasteiger partial charge is 0.251 e. The quantitative estimate of drug-likeness (QED) is 0.484. The Labute approximate surface area is 178 Å². The average molecular weight is 416 g/mol. The van der Waals surface area contributed by atoms with Crippen molar-refractivity contribution in [3.8, 4) is 0 Å². The van der Waals surface area contributed by atoms with Gasteiger partial charge in [0.15, 0.2) is 0 Å². The van der Waals surface area contributed by atoms with Gasteiger partial charge in [-0.3, -0.25) is 9.59 Å². The van der Waals surface area contributed by atoms with Crippen LogP contribution in [-0.2, 0) is 11.2 Å². The van der Waals surface area contributed by atoms with Crippen LogP contribution < -0.4 is 10.6 Å². The molecule has 2 amide bonds. The van der Waals surface area contributed by atoms with Gasteiger partial charge in [-0.1, -0.05) is 48.5 Å². The molecule has 0 bridgehead atoms. The number of hydrogen-bond acceptors (Lipinski definition) is 4. The van der Waals surface area contributed by atoms with E-state index in [0.717, 1.165) is 20.8 Å². The molecule has 0 radical (unpaired) electrons. The van der Waals surface area contributed by atoms with E-state index in [1.165, 1.54) is 0 Å². The lowest BCUT2D eigenvalue weighted by atomic mass is 10.0. The lowest BCUT2D eigenvalue weighted by molar-refractivity contribution is -0.118. The fraction of sp³-hybridized carbons (Fsp3) is 0.125. The predicted molar refractivity (Wildman–Crippen MR) is 121 cm³/mol. The average Bonchev–Trinajstić information content (AvgIpc) is 3.14. The summed E-state index contributed by atoms with van der Waals surface area (Å²) in [6.07, 6.45) is 0.396. The number of amides is 2. The number of benzene rings is 3. The van der Waals surface area contributed by atoms with Gasteiger partial charge in [-0.2, -0.15) is 0 Å². The van der Waals surface area contributed by atoms with Gasteiger partial charge in [-0.15, -0.1) is 11.3 Å². The topological polar surface area (TPSA) is 71.1 Å². The zero-order chi connectivity index (χ0) is 20.9. The van der Waals surface area contributed by atoms with E-state index >= 15 is 0 Å². The first-order valence-electron chi connectivity index (χ1n) is 9.66. The van der Waals surface area contributed by atoms with Crippen LogP contribution in [-0.4, -0.2) is 22.8 Å². The summed E-state index contributed by atoms with van der Waals surface area (Å²) in [7, 11) is 0. The molecular formula is C24H21N3O2S. The molecule has 5 nitrogen and oxygen atoms in total. The standard InChI is InChI=1S/C24H21N3O2S/c1-16-25-20-13-12-19(15-22(20)30-16)26-24(29)21(14-17-8-4-2-5-9-17)27-23(28)18-10-6-3-7-11-18/h2-13,15,21H,14H2,1H3,(H,26,29)(H,27,28)/t21-/m0/s1. The van der Waals surface area contributed by atoms with Crippen LogP contribution in [0, 0.1) is 6.92 Å². The number of aromatic nitrogens is 1. The monoisotopic (exact) mass is 415 g/mol. The van der Waals surface area contributed by atoms with E-state index in [9.17, 15) is 9.59 Å². The summed E-state index contributed by atoms with van der Waals surface area (Å²) in [4.78, 5) is 30.2. The lowest BCUT2D eigenvalue weighted by Crippen LogP contribution is -2.45. The van der Waals surface area contributed by atoms with Gasteiger partial charge >= 0.3 is 0 Å². The first-order valence-corrected chi connectivity index (χ1v) is 10.5. The molecule has 1 heterocycles. The Bertz CT molecular complexity index is 1170. The van der Waals surface area contributed by atoms with Crippen LogP contribution >= 0.6 is 11.3 Å². The second-order valence-electron chi connectivity index (χ2n) is 6.99. The van der Waals surface area contributed by atoms with Crippen molar-refractivity contribution in [3.63, 3.8) is 0 Å². The predicted octanol–water partition coefficient (Wildman–Crippen LogP) is 4.58. The molecule has 1 atom stereocenters. The van der Waals surface area contributed by atoms with Gasteiger partial charge in [0, 0.05) is 17.7 Å². The van der Waals surface area contributed by atoms with E-state index < -0.39 is 6.04 Å². The van der Waals surface area contributed by atoms with Crippen LogP contribution in [0.4, 0.5) is 5.69 Å². The van der Waals surface area contributed by atoms with E-state index in [0.29, 0.717) is 17.7 Å². The highest BCUT2D eigenvalue weighted by Gasteiger charge is 2.22. The second-order valence-corrected chi connectivity index (χ2v) is 8.22. The molecule has 6 heteroatoms. The Morgan fingerprint density at radius 3 is 2.40 bits per heavy atom. The highest BCUT2D eigenvalue weighted by molar-refractivity contribution is 7.18. The number of carbonyl (C=O) groups is 2. The Balaban J connectivity index is 1.55. The van der Waals surface area contributed by atoms with Gasteiger partial charge in [0.25, 0.3) is 5.91 Å². The van der Waals surface area contributed by atoms with Crippen LogP contribution in [0.25, 0.3) is 10.2 Å². The van der Waals surface area contributed by atoms with E-state index in [-0.39, 0.29) is 11.8 Å². The van der Waals surface area contributed by atoms with Gasteiger partial charge in [0.05, 0.1) is 15.2 Å². The minimum absolute atomic E-state index is 0.260. The molecule has 0 fully saturated rings. The molecule has 1 aromatic heterocycles. The van der Waals surface area contributed by atoms with Crippen molar-refractivity contribution < 1.29 is 9.59 Å². The van der Waals surface area contributed by atoms with Crippen molar-refractivity contribution in [2.24, 2.45) is 0 Å². The van der Waals surface area contributed by atoms with Crippen LogP contribution in [0.2, 0.25) is 0 Å². The van der Waals surface area contributed by atoms with Gasteiger partial charge in [0.2, 0.25) is 5.91 Å². The summed E-state index contributed by atoms with van der Waals surface area (Å²) < 4.78 is 1.01. The molecule has 0 spiro atoms. The van der Waals surface area contributed by atoms with Crippen LogP contribution in [0.3, 0.4) is 0 Å². The Hall–Kier alpha value is -3.51. The summed E-state index contributed by atoms with van der Waals surface area (Å²) >= 11 is 1.58. The zero-order valence-corrected chi connectivity index (χ0v) is 17.3. The molecule has 0 aliphatic carbocycles. The van der Waals surface area contributed by atoms with E-state index in [2.05, 4.69) is 15.6 Å². The molecule has 3 aromatic carbocycles. The number of thiazole rings is 1. The molecular weight excluding hydrogens is 394 g/mol. The molecule has 0 saturated heterocycles. The maximum absolute atomic E-state index is 13.1. The molecule has 0 unspecified atom stereocenters. The first kappa shape index (κ1) is 19.8. The molecule has 30 heavy (non-hydrogen) atoms. The number of carbonyl (C=O) groups excluding carboxylic acids is 2. The number of anilines is 1. The van der Waals surface area contributed by atoms with E-state index in [4.69, 9.17) is 0 Å². The number of nitrogens with one attached hydrogen (secondary N) is 2. The van der Waals surface area contributed by atoms with Gasteiger partial charge in [-0.25, -0.2) is 4.98 Å². The highest BCUT2D eigenvalue weighted by atomic mass is 32.1. The third-order valence-corrected chi connectivity index (χ3v) is 5.64. The fourth-order valence-corrected chi connectivity index (χ4v) is 4.10. The first-order chi connectivity index (χ1) is 14.6. The molecule has 150 valence electrons. The van der Waals surface area contributed by atoms with Crippen LogP contribution in [0.5, 0.6) is 0 Å². The van der Waals surface area contributed by atoms with Crippen molar-refractivity contribution in [2.75, 3.05) is 5.32 Å². The minimum Gasteiger partial charge on any atom is -0.340 e. The van der Waals surface area contributed by atoms with E-state index in [1.807, 2.05) is 61.5 Å². The number of hydrogen-bond donors (Lipinski definition) is 2. The summed E-state index contributed by atoms with van der Waals surface area (Å²) in [6.45, 7) is 1.96. The van der Waals surface area contributed by atoms with Gasteiger partial charge in [-0.05, 0) is 42.8 Å².